The highest BCUT2D eigenvalue weighted by molar-refractivity contribution is 9.10. The summed E-state index contributed by atoms with van der Waals surface area (Å²) in [6.45, 7) is 1.95. The molecule has 2 N–H and O–H groups in total. The van der Waals surface area contributed by atoms with Gasteiger partial charge in [-0.2, -0.15) is 0 Å². The second-order valence-corrected chi connectivity index (χ2v) is 4.04. The smallest absolute Gasteiger partial charge is 0.465 e. The molecule has 1 aromatic heterocycles. The Balaban J connectivity index is 2.70. The molecule has 14 heavy (non-hydrogen) atoms. The number of furan rings is 1. The first-order valence-electron chi connectivity index (χ1n) is 4.13. The average molecular weight is 255 g/mol. The van der Waals surface area contributed by atoms with E-state index in [2.05, 4.69) is 15.9 Å². The number of aryl methyl sites for hydroxylation is 1. The van der Waals surface area contributed by atoms with Crippen LogP contribution in [0.25, 0.3) is 11.0 Å². The van der Waals surface area contributed by atoms with Crippen LogP contribution in [0.5, 0.6) is 0 Å². The van der Waals surface area contributed by atoms with Gasteiger partial charge >= 0.3 is 7.12 Å². The second kappa shape index (κ2) is 3.42. The maximum absolute atomic E-state index is 8.93. The van der Waals surface area contributed by atoms with Crippen LogP contribution in [0.2, 0.25) is 0 Å². The minimum Gasteiger partial charge on any atom is -0.465 e. The molecule has 0 bridgehead atoms. The molecule has 0 saturated heterocycles. The quantitative estimate of drug-likeness (QED) is 0.752. The van der Waals surface area contributed by atoms with Crippen molar-refractivity contribution in [3.8, 4) is 0 Å². The number of fused-ring (bicyclic) bond motifs is 1. The van der Waals surface area contributed by atoms with Gasteiger partial charge in [0.2, 0.25) is 0 Å². The number of hydrogen-bond acceptors (Lipinski definition) is 3. The van der Waals surface area contributed by atoms with E-state index in [9.17, 15) is 0 Å². The van der Waals surface area contributed by atoms with Crippen molar-refractivity contribution in [3.05, 3.63) is 28.2 Å². The highest BCUT2D eigenvalue weighted by atomic mass is 79.9. The van der Waals surface area contributed by atoms with Crippen molar-refractivity contribution in [2.75, 3.05) is 0 Å². The Morgan fingerprint density at radius 3 is 2.64 bits per heavy atom. The first-order valence-corrected chi connectivity index (χ1v) is 4.93. The summed E-state index contributed by atoms with van der Waals surface area (Å²) in [5, 5.41) is 18.7. The third-order valence-electron chi connectivity index (χ3n) is 2.00. The monoisotopic (exact) mass is 254 g/mol. The minimum atomic E-state index is -1.56. The zero-order valence-corrected chi connectivity index (χ0v) is 9.08. The van der Waals surface area contributed by atoms with E-state index in [-0.39, 0.29) is 5.66 Å². The summed E-state index contributed by atoms with van der Waals surface area (Å²) in [5.41, 5.74) is 1.86. The van der Waals surface area contributed by atoms with Crippen molar-refractivity contribution in [3.63, 3.8) is 0 Å². The summed E-state index contributed by atoms with van der Waals surface area (Å²) < 4.78 is 6.15. The molecule has 0 aliphatic heterocycles. The molecule has 0 unspecified atom stereocenters. The summed E-state index contributed by atoms with van der Waals surface area (Å²) in [5.74, 6) is 0. The fourth-order valence-electron chi connectivity index (χ4n) is 1.37. The molecule has 1 aromatic carbocycles. The van der Waals surface area contributed by atoms with E-state index < -0.39 is 7.12 Å². The van der Waals surface area contributed by atoms with Crippen molar-refractivity contribution in [2.45, 2.75) is 6.92 Å². The molecule has 0 fully saturated rings. The van der Waals surface area contributed by atoms with E-state index in [4.69, 9.17) is 14.5 Å². The van der Waals surface area contributed by atoms with Crippen molar-refractivity contribution >= 4 is 39.7 Å². The average Bonchev–Trinajstić information content (AvgIpc) is 2.47. The van der Waals surface area contributed by atoms with Gasteiger partial charge < -0.3 is 14.5 Å². The van der Waals surface area contributed by atoms with E-state index in [0.29, 0.717) is 5.58 Å². The van der Waals surface area contributed by atoms with Gasteiger partial charge in [0.05, 0.1) is 0 Å². The van der Waals surface area contributed by atoms with E-state index in [1.54, 1.807) is 6.07 Å². The number of rotatable bonds is 1. The normalized spacial score (nSPS) is 10.9. The lowest BCUT2D eigenvalue weighted by Crippen LogP contribution is -2.27. The lowest BCUT2D eigenvalue weighted by molar-refractivity contribution is 0.412. The molecule has 2 aromatic rings. The second-order valence-electron chi connectivity index (χ2n) is 3.18. The Hall–Kier alpha value is -0.775. The third kappa shape index (κ3) is 1.58. The predicted octanol–water partition coefficient (Wildman–Crippen LogP) is 1.18. The molecule has 0 aliphatic carbocycles. The minimum absolute atomic E-state index is 0.159. The number of hydrogen-bond donors (Lipinski definition) is 2. The Kier molecular flexibility index (Phi) is 2.39. The molecule has 5 heteroatoms. The van der Waals surface area contributed by atoms with Gasteiger partial charge in [-0.05, 0) is 30.7 Å². The maximum Gasteiger partial charge on any atom is 0.526 e. The van der Waals surface area contributed by atoms with Crippen molar-refractivity contribution < 1.29 is 14.5 Å². The largest absolute Gasteiger partial charge is 0.526 e. The van der Waals surface area contributed by atoms with Gasteiger partial charge in [-0.1, -0.05) is 15.9 Å². The van der Waals surface area contributed by atoms with Crippen LogP contribution in [-0.2, 0) is 0 Å². The molecular weight excluding hydrogens is 247 g/mol. The maximum atomic E-state index is 8.93. The van der Waals surface area contributed by atoms with Crippen molar-refractivity contribution in [1.29, 1.82) is 0 Å². The lowest BCUT2D eigenvalue weighted by Gasteiger charge is -1.94. The third-order valence-corrected chi connectivity index (χ3v) is 2.66. The van der Waals surface area contributed by atoms with E-state index in [1.165, 1.54) is 0 Å². The van der Waals surface area contributed by atoms with E-state index in [0.717, 1.165) is 15.4 Å². The predicted molar refractivity (Wildman–Crippen MR) is 58.5 cm³/mol. The molecule has 3 nitrogen and oxygen atoms in total. The molecular formula is C9H8BBrO3. The summed E-state index contributed by atoms with van der Waals surface area (Å²) in [4.78, 5) is 0. The van der Waals surface area contributed by atoms with Crippen LogP contribution in [0.15, 0.2) is 27.1 Å². The number of benzene rings is 1. The molecule has 0 atom stereocenters. The van der Waals surface area contributed by atoms with Gasteiger partial charge in [0.1, 0.15) is 11.2 Å². The van der Waals surface area contributed by atoms with Gasteiger partial charge in [-0.25, -0.2) is 0 Å². The van der Waals surface area contributed by atoms with Crippen LogP contribution in [0.3, 0.4) is 0 Å². The summed E-state index contributed by atoms with van der Waals surface area (Å²) >= 11 is 3.39. The van der Waals surface area contributed by atoms with Crippen LogP contribution in [0.1, 0.15) is 5.56 Å². The van der Waals surface area contributed by atoms with Crippen LogP contribution in [-0.4, -0.2) is 17.2 Å². The highest BCUT2D eigenvalue weighted by Crippen LogP contribution is 2.25. The fourth-order valence-corrected chi connectivity index (χ4v) is 2.04. The summed E-state index contributed by atoms with van der Waals surface area (Å²) in [6, 6.07) is 5.42. The van der Waals surface area contributed by atoms with Gasteiger partial charge in [-0.3, -0.25) is 0 Å². The molecule has 0 aliphatic rings. The summed E-state index contributed by atoms with van der Waals surface area (Å²) in [6.07, 6.45) is 0. The molecule has 1 heterocycles. The fraction of sp³-hybridized carbons (Fsp3) is 0.111. The van der Waals surface area contributed by atoms with E-state index in [1.807, 2.05) is 19.1 Å². The molecule has 0 saturated carbocycles. The van der Waals surface area contributed by atoms with Gasteiger partial charge in [-0.15, -0.1) is 0 Å². The lowest BCUT2D eigenvalue weighted by atomic mass is 9.88. The SMILES string of the molecule is Cc1cc(Br)c2cc(B(O)O)oc2c1. The number of halogens is 1. The van der Waals surface area contributed by atoms with Gasteiger partial charge in [0.25, 0.3) is 0 Å². The Bertz CT molecular complexity index is 478. The zero-order chi connectivity index (χ0) is 10.3. The first kappa shape index (κ1) is 9.77. The van der Waals surface area contributed by atoms with Crippen LogP contribution >= 0.6 is 15.9 Å². The zero-order valence-electron chi connectivity index (χ0n) is 7.49. The Labute approximate surface area is 89.6 Å². The van der Waals surface area contributed by atoms with Gasteiger partial charge in [0, 0.05) is 9.86 Å². The Morgan fingerprint density at radius 2 is 2.00 bits per heavy atom. The highest BCUT2D eigenvalue weighted by Gasteiger charge is 2.17. The standard InChI is InChI=1S/C9H8BBrO3/c1-5-2-7(11)6-4-9(10(12)13)14-8(6)3-5/h2-4,12-13H,1H3. The molecule has 0 radical (unpaired) electrons. The molecule has 72 valence electrons. The topological polar surface area (TPSA) is 53.6 Å². The first-order chi connectivity index (χ1) is 6.58. The van der Waals surface area contributed by atoms with Crippen molar-refractivity contribution in [1.82, 2.24) is 0 Å². The van der Waals surface area contributed by atoms with Crippen LogP contribution in [0.4, 0.5) is 0 Å². The van der Waals surface area contributed by atoms with Crippen molar-refractivity contribution in [2.24, 2.45) is 0 Å². The van der Waals surface area contributed by atoms with Crippen LogP contribution in [0, 0.1) is 6.92 Å². The van der Waals surface area contributed by atoms with Gasteiger partial charge in [0.15, 0.2) is 0 Å². The van der Waals surface area contributed by atoms with E-state index >= 15 is 0 Å². The molecule has 0 amide bonds. The molecule has 2 rings (SSSR count). The Morgan fingerprint density at radius 1 is 1.29 bits per heavy atom. The molecule has 0 spiro atoms. The van der Waals surface area contributed by atoms with Crippen LogP contribution < -0.4 is 5.66 Å². The summed E-state index contributed by atoms with van der Waals surface area (Å²) in [7, 11) is -1.56.